The predicted molar refractivity (Wildman–Crippen MR) is 75.6 cm³/mol. The van der Waals surface area contributed by atoms with Gasteiger partial charge in [0.1, 0.15) is 0 Å². The average molecular weight is 270 g/mol. The Kier molecular flexibility index (Phi) is 2.89. The minimum atomic E-state index is -0.452. The van der Waals surface area contributed by atoms with E-state index in [2.05, 4.69) is 5.32 Å². The molecule has 0 spiro atoms. The van der Waals surface area contributed by atoms with Crippen LogP contribution in [0.3, 0.4) is 0 Å². The van der Waals surface area contributed by atoms with Gasteiger partial charge in [0.05, 0.1) is 11.3 Å². The largest absolute Gasteiger partial charge is 0.352 e. The van der Waals surface area contributed by atoms with Crippen molar-refractivity contribution in [3.8, 4) is 0 Å². The Balaban J connectivity index is 2.22. The number of carbonyl (C=O) groups is 1. The lowest BCUT2D eigenvalue weighted by atomic mass is 9.98. The van der Waals surface area contributed by atoms with Gasteiger partial charge in [0.2, 0.25) is 0 Å². The van der Waals surface area contributed by atoms with E-state index in [9.17, 15) is 9.70 Å². The number of hydrogen-bond acceptors (Lipinski definition) is 2. The molecule has 20 heavy (non-hydrogen) atoms. The van der Waals surface area contributed by atoms with E-state index >= 15 is 0 Å². The minimum absolute atomic E-state index is 0.155. The van der Waals surface area contributed by atoms with Gasteiger partial charge in [0, 0.05) is 34.2 Å². The van der Waals surface area contributed by atoms with Crippen molar-refractivity contribution in [2.45, 2.75) is 13.0 Å². The van der Waals surface area contributed by atoms with Crippen LogP contribution in [-0.4, -0.2) is 21.8 Å². The molecule has 0 fully saturated rings. The number of hydrogen-bond donors (Lipinski definition) is 1. The molecule has 2 heterocycles. The van der Waals surface area contributed by atoms with Crippen LogP contribution in [0.4, 0.5) is 5.69 Å². The fourth-order valence-electron chi connectivity index (χ4n) is 2.72. The van der Waals surface area contributed by atoms with Crippen molar-refractivity contribution in [3.63, 3.8) is 0 Å². The highest BCUT2D eigenvalue weighted by molar-refractivity contribution is 5.93. The standard InChI is InChI=1S/C15H15N3O2/c1-10-14-12(8-17(10)2)16-13(19)9-18(20)15(14)11-6-4-3-5-7-11/h3-8,15H,9H2,1-2H3/p+1. The summed E-state index contributed by atoms with van der Waals surface area (Å²) >= 11 is 0. The summed E-state index contributed by atoms with van der Waals surface area (Å²) in [5.74, 6) is -0.273. The van der Waals surface area contributed by atoms with Crippen molar-refractivity contribution in [2.75, 3.05) is 11.9 Å². The van der Waals surface area contributed by atoms with Crippen molar-refractivity contribution in [3.05, 3.63) is 58.3 Å². The number of amides is 1. The zero-order valence-electron chi connectivity index (χ0n) is 11.5. The highest BCUT2D eigenvalue weighted by Gasteiger charge is 2.39. The molecule has 1 aliphatic rings. The van der Waals surface area contributed by atoms with E-state index in [1.807, 2.05) is 55.1 Å². The van der Waals surface area contributed by atoms with Gasteiger partial charge in [0.25, 0.3) is 18.5 Å². The summed E-state index contributed by atoms with van der Waals surface area (Å²) in [6.07, 6.45) is 1.86. The van der Waals surface area contributed by atoms with E-state index in [0.29, 0.717) is 0 Å². The maximum atomic E-state index is 12.4. The third kappa shape index (κ3) is 1.91. The van der Waals surface area contributed by atoms with Gasteiger partial charge in [0.15, 0.2) is 0 Å². The van der Waals surface area contributed by atoms with Crippen molar-refractivity contribution in [1.82, 2.24) is 4.57 Å². The first-order chi connectivity index (χ1) is 9.58. The van der Waals surface area contributed by atoms with E-state index in [-0.39, 0.29) is 12.5 Å². The second-order valence-corrected chi connectivity index (χ2v) is 5.09. The molecule has 1 unspecified atom stereocenters. The number of aryl methyl sites for hydroxylation is 1. The topological polar surface area (TPSA) is 54.1 Å². The van der Waals surface area contributed by atoms with Crippen LogP contribution in [0.5, 0.6) is 0 Å². The van der Waals surface area contributed by atoms with E-state index in [1.165, 1.54) is 0 Å². The number of fused-ring (bicyclic) bond motifs is 1. The predicted octanol–water partition coefficient (Wildman–Crippen LogP) is 2.15. The maximum Gasteiger partial charge on any atom is 0.294 e. The molecule has 102 valence electrons. The fraction of sp³-hybridized carbons (Fsp3) is 0.267. The van der Waals surface area contributed by atoms with Gasteiger partial charge in [-0.05, 0) is 6.92 Å². The lowest BCUT2D eigenvalue weighted by Crippen LogP contribution is -2.24. The first-order valence-corrected chi connectivity index (χ1v) is 6.52. The molecule has 0 bridgehead atoms. The van der Waals surface area contributed by atoms with Gasteiger partial charge in [-0.1, -0.05) is 30.3 Å². The number of rotatable bonds is 1. The summed E-state index contributed by atoms with van der Waals surface area (Å²) in [6.45, 7) is 1.80. The molecule has 5 nitrogen and oxygen atoms in total. The van der Waals surface area contributed by atoms with Gasteiger partial charge < -0.3 is 9.88 Å². The summed E-state index contributed by atoms with van der Waals surface area (Å²) in [6, 6.07) is 9.11. The van der Waals surface area contributed by atoms with Crippen LogP contribution >= 0.6 is 0 Å². The third-order valence-corrected chi connectivity index (χ3v) is 3.78. The molecule has 1 aromatic carbocycles. The van der Waals surface area contributed by atoms with Crippen molar-refractivity contribution >= 4 is 11.6 Å². The number of anilines is 1. The smallest absolute Gasteiger partial charge is 0.294 e. The number of benzene rings is 1. The molecular weight excluding hydrogens is 254 g/mol. The Labute approximate surface area is 116 Å². The van der Waals surface area contributed by atoms with Gasteiger partial charge in [-0.15, -0.1) is 0 Å². The lowest BCUT2D eigenvalue weighted by Gasteiger charge is -2.09. The Morgan fingerprint density at radius 3 is 2.70 bits per heavy atom. The van der Waals surface area contributed by atoms with Gasteiger partial charge >= 0.3 is 0 Å². The monoisotopic (exact) mass is 270 g/mol. The van der Waals surface area contributed by atoms with Crippen LogP contribution in [0.1, 0.15) is 22.9 Å². The SMILES string of the molecule is Cc1c2c(cn1C)NC(=O)C[N+](=O)C2c1ccccc1. The summed E-state index contributed by atoms with van der Waals surface area (Å²) < 4.78 is 2.78. The van der Waals surface area contributed by atoms with Crippen LogP contribution < -0.4 is 5.32 Å². The van der Waals surface area contributed by atoms with Crippen LogP contribution in [-0.2, 0) is 11.8 Å². The number of nitrogens with zero attached hydrogens (tertiary/aromatic N) is 2. The third-order valence-electron chi connectivity index (χ3n) is 3.78. The van der Waals surface area contributed by atoms with E-state index < -0.39 is 6.04 Å². The van der Waals surface area contributed by atoms with Crippen LogP contribution in [0.2, 0.25) is 0 Å². The minimum Gasteiger partial charge on any atom is -0.352 e. The second kappa shape index (κ2) is 4.59. The highest BCUT2D eigenvalue weighted by Crippen LogP contribution is 2.36. The van der Waals surface area contributed by atoms with E-state index in [0.717, 1.165) is 27.3 Å². The Hall–Kier alpha value is -2.43. The molecule has 0 saturated carbocycles. The number of nitroso groups, excluding NO2 is 1. The zero-order valence-corrected chi connectivity index (χ0v) is 11.5. The molecule has 0 saturated heterocycles. The Morgan fingerprint density at radius 1 is 1.30 bits per heavy atom. The Morgan fingerprint density at radius 2 is 2.00 bits per heavy atom. The molecular formula is C15H16N3O2+. The average Bonchev–Trinajstić information content (AvgIpc) is 2.61. The fourth-order valence-corrected chi connectivity index (χ4v) is 2.72. The maximum absolute atomic E-state index is 12.4. The molecule has 1 amide bonds. The summed E-state index contributed by atoms with van der Waals surface area (Å²) in [5.41, 5.74) is 3.48. The molecule has 2 aromatic rings. The normalized spacial score (nSPS) is 18.4. The van der Waals surface area contributed by atoms with Crippen molar-refractivity contribution < 1.29 is 9.55 Å². The van der Waals surface area contributed by atoms with E-state index in [1.54, 1.807) is 0 Å². The van der Waals surface area contributed by atoms with Gasteiger partial charge in [-0.3, -0.25) is 4.79 Å². The van der Waals surface area contributed by atoms with Gasteiger partial charge in [-0.2, -0.15) is 0 Å². The van der Waals surface area contributed by atoms with Crippen molar-refractivity contribution in [1.29, 1.82) is 0 Å². The second-order valence-electron chi connectivity index (χ2n) is 5.09. The summed E-state index contributed by atoms with van der Waals surface area (Å²) in [5, 5.41) is 2.81. The molecule has 3 rings (SSSR count). The molecule has 1 atom stereocenters. The highest BCUT2D eigenvalue weighted by atomic mass is 16.3. The Bertz CT molecular complexity index is 689. The molecule has 1 N–H and O–H groups in total. The van der Waals surface area contributed by atoms with Gasteiger partial charge in [-0.25, -0.2) is 0 Å². The molecule has 1 aromatic heterocycles. The lowest BCUT2D eigenvalue weighted by molar-refractivity contribution is -0.570. The van der Waals surface area contributed by atoms with Crippen LogP contribution in [0.15, 0.2) is 36.5 Å². The number of carbonyl (C=O) groups excluding carboxylic acids is 1. The number of aromatic nitrogens is 1. The quantitative estimate of drug-likeness (QED) is 0.807. The summed E-state index contributed by atoms with van der Waals surface area (Å²) in [7, 11) is 1.91. The molecule has 0 radical (unpaired) electrons. The summed E-state index contributed by atoms with van der Waals surface area (Å²) in [4.78, 5) is 24.2. The number of nitrogens with one attached hydrogen (secondary N) is 1. The zero-order chi connectivity index (χ0) is 14.3. The van der Waals surface area contributed by atoms with Crippen molar-refractivity contribution in [2.24, 2.45) is 7.05 Å². The van der Waals surface area contributed by atoms with Crippen LogP contribution in [0.25, 0.3) is 0 Å². The van der Waals surface area contributed by atoms with E-state index in [4.69, 9.17) is 0 Å². The first kappa shape index (κ1) is 12.6. The molecule has 5 heteroatoms. The molecule has 0 aliphatic carbocycles. The van der Waals surface area contributed by atoms with Crippen LogP contribution in [0, 0.1) is 11.8 Å². The first-order valence-electron chi connectivity index (χ1n) is 6.52. The molecule has 1 aliphatic heterocycles.